The van der Waals surface area contributed by atoms with Crippen LogP contribution >= 0.6 is 0 Å². The Morgan fingerprint density at radius 2 is 1.78 bits per heavy atom. The lowest BCUT2D eigenvalue weighted by atomic mass is 9.65. The average molecular weight is 453 g/mol. The highest BCUT2D eigenvalue weighted by Crippen LogP contribution is 2.52. The highest BCUT2D eigenvalue weighted by molar-refractivity contribution is 7.92. The molecule has 32 heavy (non-hydrogen) atoms. The van der Waals surface area contributed by atoms with Crippen molar-refractivity contribution in [2.45, 2.75) is 70.4 Å². The summed E-state index contributed by atoms with van der Waals surface area (Å²) in [5.74, 6) is -0.0525. The number of likely N-dealkylation sites (tertiary alicyclic amines) is 1. The fraction of sp³-hybridized carbons (Fsp3) is 0.500. The van der Waals surface area contributed by atoms with Crippen molar-refractivity contribution in [3.63, 3.8) is 0 Å². The summed E-state index contributed by atoms with van der Waals surface area (Å²) in [6.45, 7) is 9.52. The smallest absolute Gasteiger partial charge is 0.264 e. The van der Waals surface area contributed by atoms with Crippen molar-refractivity contribution in [3.05, 3.63) is 59.7 Å². The molecule has 1 saturated carbocycles. The molecule has 1 aliphatic carbocycles. The molecule has 5 rings (SSSR count). The standard InChI is InChI=1S/C26H32N2O3S/c1-18-12-19-8-5-6-11-23(19)28(18)32(30,31)22-10-7-9-20(13-22)24(29)27-17-26(4)15-21(27)14-25(2,3)16-26/h5-11,13,18,21H,12,14-17H2,1-4H3. The second-order valence-electron chi connectivity index (χ2n) is 11.2. The summed E-state index contributed by atoms with van der Waals surface area (Å²) in [5.41, 5.74) is 2.59. The Balaban J connectivity index is 1.46. The lowest BCUT2D eigenvalue weighted by molar-refractivity contribution is 0.0708. The Morgan fingerprint density at radius 1 is 1.03 bits per heavy atom. The Bertz CT molecular complexity index is 1190. The van der Waals surface area contributed by atoms with Gasteiger partial charge in [0.1, 0.15) is 0 Å². The van der Waals surface area contributed by atoms with Gasteiger partial charge in [0.2, 0.25) is 0 Å². The fourth-order valence-electron chi connectivity index (χ4n) is 6.67. The van der Waals surface area contributed by atoms with Crippen LogP contribution in [-0.2, 0) is 16.4 Å². The normalized spacial score (nSPS) is 28.6. The van der Waals surface area contributed by atoms with Gasteiger partial charge in [0.05, 0.1) is 10.6 Å². The van der Waals surface area contributed by atoms with E-state index >= 15 is 0 Å². The van der Waals surface area contributed by atoms with Gasteiger partial charge >= 0.3 is 0 Å². The van der Waals surface area contributed by atoms with E-state index in [0.29, 0.717) is 12.0 Å². The first-order valence-electron chi connectivity index (χ1n) is 11.5. The highest BCUT2D eigenvalue weighted by atomic mass is 32.2. The number of carbonyl (C=O) groups excluding carboxylic acids is 1. The lowest BCUT2D eigenvalue weighted by Gasteiger charge is -2.39. The molecule has 3 aliphatic rings. The highest BCUT2D eigenvalue weighted by Gasteiger charge is 2.51. The summed E-state index contributed by atoms with van der Waals surface area (Å²) < 4.78 is 28.8. The van der Waals surface area contributed by atoms with E-state index in [2.05, 4.69) is 20.8 Å². The molecule has 3 unspecified atom stereocenters. The third-order valence-electron chi connectivity index (χ3n) is 7.46. The number of sulfonamides is 1. The van der Waals surface area contributed by atoms with Gasteiger partial charge in [-0.15, -0.1) is 0 Å². The molecular weight excluding hydrogens is 420 g/mol. The zero-order chi connectivity index (χ0) is 22.9. The van der Waals surface area contributed by atoms with Gasteiger partial charge in [0, 0.05) is 24.2 Å². The third-order valence-corrected chi connectivity index (χ3v) is 9.38. The Hall–Kier alpha value is -2.34. The molecular formula is C26H32N2O3S. The average Bonchev–Trinajstić information content (AvgIpc) is 3.19. The van der Waals surface area contributed by atoms with Gasteiger partial charge in [-0.05, 0) is 73.3 Å². The van der Waals surface area contributed by atoms with Crippen LogP contribution in [-0.4, -0.2) is 37.9 Å². The maximum absolute atomic E-state index is 13.6. The van der Waals surface area contributed by atoms with Gasteiger partial charge in [-0.1, -0.05) is 45.0 Å². The minimum atomic E-state index is -3.77. The molecule has 0 N–H and O–H groups in total. The number of hydrogen-bond donors (Lipinski definition) is 0. The van der Waals surface area contributed by atoms with Gasteiger partial charge in [-0.3, -0.25) is 9.10 Å². The minimum Gasteiger partial charge on any atom is -0.335 e. The van der Waals surface area contributed by atoms with Crippen molar-refractivity contribution in [2.24, 2.45) is 10.8 Å². The van der Waals surface area contributed by atoms with E-state index in [-0.39, 0.29) is 33.7 Å². The number of anilines is 1. The predicted octanol–water partition coefficient (Wildman–Crippen LogP) is 4.87. The van der Waals surface area contributed by atoms with Gasteiger partial charge < -0.3 is 4.90 Å². The predicted molar refractivity (Wildman–Crippen MR) is 126 cm³/mol. The van der Waals surface area contributed by atoms with Crippen LogP contribution in [0.4, 0.5) is 5.69 Å². The first-order valence-corrected chi connectivity index (χ1v) is 13.0. The summed E-state index contributed by atoms with van der Waals surface area (Å²) in [6, 6.07) is 14.3. The number of hydrogen-bond acceptors (Lipinski definition) is 3. The van der Waals surface area contributed by atoms with Crippen molar-refractivity contribution in [2.75, 3.05) is 10.8 Å². The Kier molecular flexibility index (Phi) is 4.76. The first-order chi connectivity index (χ1) is 15.0. The van der Waals surface area contributed by atoms with E-state index in [0.717, 1.165) is 37.1 Å². The molecule has 0 spiro atoms. The van der Waals surface area contributed by atoms with Crippen molar-refractivity contribution in [3.8, 4) is 0 Å². The maximum Gasteiger partial charge on any atom is 0.264 e. The number of carbonyl (C=O) groups is 1. The van der Waals surface area contributed by atoms with Crippen LogP contribution in [0.3, 0.4) is 0 Å². The third kappa shape index (κ3) is 3.43. The van der Waals surface area contributed by atoms with E-state index in [9.17, 15) is 13.2 Å². The summed E-state index contributed by atoms with van der Waals surface area (Å²) >= 11 is 0. The molecule has 3 atom stereocenters. The minimum absolute atomic E-state index is 0.0525. The van der Waals surface area contributed by atoms with Gasteiger partial charge in [0.15, 0.2) is 0 Å². The molecule has 1 saturated heterocycles. The van der Waals surface area contributed by atoms with Crippen molar-refractivity contribution in [1.29, 1.82) is 0 Å². The maximum atomic E-state index is 13.6. The molecule has 2 heterocycles. The SMILES string of the molecule is CC1Cc2ccccc2N1S(=O)(=O)c1cccc(C(=O)N2CC3(C)CC2CC(C)(C)C3)c1. The topological polar surface area (TPSA) is 57.7 Å². The van der Waals surface area contributed by atoms with E-state index in [4.69, 9.17) is 0 Å². The fourth-order valence-corrected chi connectivity index (χ4v) is 8.41. The van der Waals surface area contributed by atoms with E-state index < -0.39 is 10.0 Å². The molecule has 2 fully saturated rings. The van der Waals surface area contributed by atoms with Crippen molar-refractivity contribution in [1.82, 2.24) is 4.90 Å². The Labute approximate surface area is 191 Å². The second-order valence-corrected chi connectivity index (χ2v) is 13.0. The summed E-state index contributed by atoms with van der Waals surface area (Å²) in [4.78, 5) is 15.7. The van der Waals surface area contributed by atoms with Gasteiger partial charge in [0.25, 0.3) is 15.9 Å². The summed E-state index contributed by atoms with van der Waals surface area (Å²) in [5, 5.41) is 0. The molecule has 0 radical (unpaired) electrons. The first kappa shape index (κ1) is 21.5. The zero-order valence-electron chi connectivity index (χ0n) is 19.3. The molecule has 1 amide bonds. The van der Waals surface area contributed by atoms with Crippen molar-refractivity contribution >= 4 is 21.6 Å². The van der Waals surface area contributed by atoms with Crippen LogP contribution in [0.15, 0.2) is 53.4 Å². The van der Waals surface area contributed by atoms with Crippen LogP contribution < -0.4 is 4.31 Å². The van der Waals surface area contributed by atoms with E-state index in [1.807, 2.05) is 36.1 Å². The van der Waals surface area contributed by atoms with Crippen LogP contribution in [0, 0.1) is 10.8 Å². The molecule has 5 nitrogen and oxygen atoms in total. The van der Waals surface area contributed by atoms with Crippen LogP contribution in [0.1, 0.15) is 62.9 Å². The van der Waals surface area contributed by atoms with Gasteiger partial charge in [-0.25, -0.2) is 8.42 Å². The molecule has 2 aliphatic heterocycles. The summed E-state index contributed by atoms with van der Waals surface area (Å²) in [7, 11) is -3.77. The van der Waals surface area contributed by atoms with Crippen molar-refractivity contribution < 1.29 is 13.2 Å². The van der Waals surface area contributed by atoms with Crippen LogP contribution in [0.2, 0.25) is 0 Å². The number of amides is 1. The molecule has 170 valence electrons. The molecule has 0 aromatic heterocycles. The van der Waals surface area contributed by atoms with Gasteiger partial charge in [-0.2, -0.15) is 0 Å². The number of benzene rings is 2. The molecule has 2 aromatic rings. The zero-order valence-corrected chi connectivity index (χ0v) is 20.2. The monoisotopic (exact) mass is 452 g/mol. The number of para-hydroxylation sites is 1. The molecule has 2 aromatic carbocycles. The number of rotatable bonds is 3. The lowest BCUT2D eigenvalue weighted by Crippen LogP contribution is -2.38. The summed E-state index contributed by atoms with van der Waals surface area (Å²) in [6.07, 6.45) is 3.83. The number of nitrogens with zero attached hydrogens (tertiary/aromatic N) is 2. The quantitative estimate of drug-likeness (QED) is 0.668. The van der Waals surface area contributed by atoms with E-state index in [1.54, 1.807) is 24.3 Å². The molecule has 6 heteroatoms. The molecule has 2 bridgehead atoms. The largest absolute Gasteiger partial charge is 0.335 e. The second kappa shape index (κ2) is 7.08. The van der Waals surface area contributed by atoms with Crippen LogP contribution in [0.25, 0.3) is 0 Å². The number of fused-ring (bicyclic) bond motifs is 3. The van der Waals surface area contributed by atoms with Crippen LogP contribution in [0.5, 0.6) is 0 Å². The Morgan fingerprint density at radius 3 is 2.56 bits per heavy atom. The van der Waals surface area contributed by atoms with E-state index in [1.165, 1.54) is 4.31 Å².